The minimum Gasteiger partial charge on any atom is -0.481 e. The zero-order valence-electron chi connectivity index (χ0n) is 5.15. The van der Waals surface area contributed by atoms with Gasteiger partial charge in [-0.2, -0.15) is 0 Å². The molecule has 6 heteroatoms. The topological polar surface area (TPSA) is 37.3 Å². The molecule has 0 aliphatic heterocycles. The SMILES string of the molecule is O=C(O)C1C(F)(F)CC1(F)F. The molecule has 64 valence electrons. The van der Waals surface area contributed by atoms with Crippen LogP contribution in [0, 0.1) is 5.92 Å². The molecule has 1 N–H and O–H groups in total. The Labute approximate surface area is 58.8 Å². The predicted molar refractivity (Wildman–Crippen MR) is 25.6 cm³/mol. The molecule has 0 atom stereocenters. The smallest absolute Gasteiger partial charge is 0.318 e. The molecule has 0 aromatic heterocycles. The van der Waals surface area contributed by atoms with Gasteiger partial charge in [-0.1, -0.05) is 0 Å². The Morgan fingerprint density at radius 1 is 1.27 bits per heavy atom. The molecule has 2 nitrogen and oxygen atoms in total. The number of rotatable bonds is 1. The molecule has 0 heterocycles. The summed E-state index contributed by atoms with van der Waals surface area (Å²) in [6.07, 6.45) is -1.66. The van der Waals surface area contributed by atoms with Crippen molar-refractivity contribution in [1.82, 2.24) is 0 Å². The average molecular weight is 172 g/mol. The van der Waals surface area contributed by atoms with E-state index >= 15 is 0 Å². The van der Waals surface area contributed by atoms with Crippen molar-refractivity contribution in [2.45, 2.75) is 18.3 Å². The summed E-state index contributed by atoms with van der Waals surface area (Å²) in [5.41, 5.74) is 0. The number of carboxylic acid groups (broad SMARTS) is 1. The van der Waals surface area contributed by atoms with E-state index in [1.807, 2.05) is 0 Å². The van der Waals surface area contributed by atoms with Crippen molar-refractivity contribution in [2.75, 3.05) is 0 Å². The molecule has 0 bridgehead atoms. The third kappa shape index (κ3) is 1.06. The van der Waals surface area contributed by atoms with Crippen molar-refractivity contribution in [3.63, 3.8) is 0 Å². The van der Waals surface area contributed by atoms with E-state index in [1.165, 1.54) is 0 Å². The molecule has 0 radical (unpaired) electrons. The lowest BCUT2D eigenvalue weighted by molar-refractivity contribution is -0.280. The Kier molecular flexibility index (Phi) is 1.40. The van der Waals surface area contributed by atoms with E-state index < -0.39 is 30.2 Å². The first kappa shape index (κ1) is 8.29. The van der Waals surface area contributed by atoms with E-state index in [0.29, 0.717) is 0 Å². The molecule has 11 heavy (non-hydrogen) atoms. The summed E-state index contributed by atoms with van der Waals surface area (Å²) in [4.78, 5) is 9.85. The quantitative estimate of drug-likeness (QED) is 0.606. The molecule has 1 aliphatic rings. The summed E-state index contributed by atoms with van der Waals surface area (Å²) in [5, 5.41) is 7.94. The highest BCUT2D eigenvalue weighted by molar-refractivity contribution is 5.74. The zero-order valence-corrected chi connectivity index (χ0v) is 5.15. The Bertz CT molecular complexity index is 187. The van der Waals surface area contributed by atoms with E-state index in [4.69, 9.17) is 5.11 Å². The Morgan fingerprint density at radius 3 is 1.73 bits per heavy atom. The van der Waals surface area contributed by atoms with Crippen molar-refractivity contribution >= 4 is 5.97 Å². The van der Waals surface area contributed by atoms with Crippen LogP contribution in [0.5, 0.6) is 0 Å². The van der Waals surface area contributed by atoms with Gasteiger partial charge in [0.2, 0.25) is 0 Å². The zero-order chi connectivity index (χ0) is 8.86. The maximum Gasteiger partial charge on any atom is 0.318 e. The molecule has 0 aromatic rings. The molecule has 1 fully saturated rings. The highest BCUT2D eigenvalue weighted by atomic mass is 19.3. The molecule has 0 aromatic carbocycles. The van der Waals surface area contributed by atoms with Crippen molar-refractivity contribution in [1.29, 1.82) is 0 Å². The van der Waals surface area contributed by atoms with Gasteiger partial charge in [0.05, 0.1) is 6.42 Å². The van der Waals surface area contributed by atoms with E-state index in [0.717, 1.165) is 0 Å². The minimum absolute atomic E-state index is 1.66. The molecule has 0 unspecified atom stereocenters. The van der Waals surface area contributed by atoms with Crippen LogP contribution >= 0.6 is 0 Å². The van der Waals surface area contributed by atoms with Gasteiger partial charge < -0.3 is 5.11 Å². The van der Waals surface area contributed by atoms with Crippen molar-refractivity contribution in [2.24, 2.45) is 5.92 Å². The fourth-order valence-corrected chi connectivity index (χ4v) is 1.06. The van der Waals surface area contributed by atoms with E-state index in [9.17, 15) is 22.4 Å². The highest BCUT2D eigenvalue weighted by Gasteiger charge is 2.72. The van der Waals surface area contributed by atoms with Crippen LogP contribution < -0.4 is 0 Å². The van der Waals surface area contributed by atoms with Crippen LogP contribution in [-0.4, -0.2) is 22.9 Å². The Morgan fingerprint density at radius 2 is 1.64 bits per heavy atom. The second-order valence-electron chi connectivity index (χ2n) is 2.47. The standard InChI is InChI=1S/C5H4F4O2/c6-4(7)1-5(8,9)2(4)3(10)11/h2H,1H2,(H,10,11). The summed E-state index contributed by atoms with van der Waals surface area (Å²) in [6, 6.07) is 0. The van der Waals surface area contributed by atoms with Gasteiger partial charge in [0.1, 0.15) is 0 Å². The third-order valence-corrected chi connectivity index (χ3v) is 1.56. The second kappa shape index (κ2) is 1.86. The largest absolute Gasteiger partial charge is 0.481 e. The average Bonchev–Trinajstić information content (AvgIpc) is 1.53. The number of carboxylic acids is 1. The number of alkyl halides is 4. The molecular weight excluding hydrogens is 168 g/mol. The maximum absolute atomic E-state index is 12.1. The fraction of sp³-hybridized carbons (Fsp3) is 0.800. The highest BCUT2D eigenvalue weighted by Crippen LogP contribution is 2.54. The van der Waals surface area contributed by atoms with E-state index in [1.54, 1.807) is 0 Å². The van der Waals surface area contributed by atoms with Crippen molar-refractivity contribution < 1.29 is 27.5 Å². The molecule has 1 saturated carbocycles. The van der Waals surface area contributed by atoms with Gasteiger partial charge in [-0.25, -0.2) is 17.6 Å². The van der Waals surface area contributed by atoms with Crippen molar-refractivity contribution in [3.8, 4) is 0 Å². The monoisotopic (exact) mass is 172 g/mol. The summed E-state index contributed by atoms with van der Waals surface area (Å²) >= 11 is 0. The lowest BCUT2D eigenvalue weighted by Gasteiger charge is -2.40. The number of hydrogen-bond donors (Lipinski definition) is 1. The summed E-state index contributed by atoms with van der Waals surface area (Å²) in [7, 11) is 0. The van der Waals surface area contributed by atoms with Crippen LogP contribution in [0.1, 0.15) is 6.42 Å². The number of halogens is 4. The lowest BCUT2D eigenvalue weighted by Crippen LogP contribution is -2.60. The predicted octanol–water partition coefficient (Wildman–Crippen LogP) is 1.36. The van der Waals surface area contributed by atoms with Gasteiger partial charge in [0.25, 0.3) is 11.8 Å². The van der Waals surface area contributed by atoms with Crippen LogP contribution in [0.3, 0.4) is 0 Å². The first-order chi connectivity index (χ1) is 4.77. The molecule has 0 saturated heterocycles. The molecule has 0 amide bonds. The minimum atomic E-state index is -3.75. The van der Waals surface area contributed by atoms with Crippen LogP contribution in [0.4, 0.5) is 17.6 Å². The second-order valence-corrected chi connectivity index (χ2v) is 2.47. The van der Waals surface area contributed by atoms with E-state index in [-0.39, 0.29) is 0 Å². The number of carbonyl (C=O) groups is 1. The van der Waals surface area contributed by atoms with Crippen LogP contribution in [0.2, 0.25) is 0 Å². The van der Waals surface area contributed by atoms with Crippen LogP contribution in [0.25, 0.3) is 0 Å². The first-order valence-electron chi connectivity index (χ1n) is 2.76. The molecular formula is C5H4F4O2. The Hall–Kier alpha value is -0.810. The fourth-order valence-electron chi connectivity index (χ4n) is 1.06. The summed E-state index contributed by atoms with van der Waals surface area (Å²) in [6.45, 7) is 0. The molecule has 0 spiro atoms. The Balaban J connectivity index is 2.81. The lowest BCUT2D eigenvalue weighted by atomic mass is 9.76. The van der Waals surface area contributed by atoms with Crippen LogP contribution in [-0.2, 0) is 4.79 Å². The summed E-state index contributed by atoms with van der Waals surface area (Å²) < 4.78 is 48.4. The number of hydrogen-bond acceptors (Lipinski definition) is 1. The van der Waals surface area contributed by atoms with Crippen LogP contribution in [0.15, 0.2) is 0 Å². The molecule has 1 aliphatic carbocycles. The summed E-state index contributed by atoms with van der Waals surface area (Å²) in [5.74, 6) is -12.5. The van der Waals surface area contributed by atoms with Gasteiger partial charge in [-0.05, 0) is 0 Å². The number of aliphatic carboxylic acids is 1. The van der Waals surface area contributed by atoms with Gasteiger partial charge in [-0.15, -0.1) is 0 Å². The van der Waals surface area contributed by atoms with E-state index in [2.05, 4.69) is 0 Å². The van der Waals surface area contributed by atoms with Gasteiger partial charge in [-0.3, -0.25) is 4.79 Å². The maximum atomic E-state index is 12.1. The first-order valence-corrected chi connectivity index (χ1v) is 2.76. The normalized spacial score (nSPS) is 27.6. The third-order valence-electron chi connectivity index (χ3n) is 1.56. The van der Waals surface area contributed by atoms with Gasteiger partial charge in [0, 0.05) is 0 Å². The molecule has 1 rings (SSSR count). The van der Waals surface area contributed by atoms with Gasteiger partial charge in [0.15, 0.2) is 5.92 Å². The van der Waals surface area contributed by atoms with Gasteiger partial charge >= 0.3 is 5.97 Å². The van der Waals surface area contributed by atoms with Crippen molar-refractivity contribution in [3.05, 3.63) is 0 Å².